The molecule has 4 N–H and O–H groups in total. The van der Waals surface area contributed by atoms with Crippen LogP contribution < -0.4 is 11.1 Å². The van der Waals surface area contributed by atoms with Crippen LogP contribution in [0, 0.1) is 0 Å². The molecule has 9 nitrogen and oxygen atoms in total. The quantitative estimate of drug-likeness (QED) is 0.231. The number of anilines is 1. The Balaban J connectivity index is 1.50. The van der Waals surface area contributed by atoms with Crippen molar-refractivity contribution in [3.05, 3.63) is 108 Å². The highest BCUT2D eigenvalue weighted by Crippen LogP contribution is 2.35. The fourth-order valence-corrected chi connectivity index (χ4v) is 5.78. The fourth-order valence-electron chi connectivity index (χ4n) is 5.78. The van der Waals surface area contributed by atoms with Gasteiger partial charge in [0.2, 0.25) is 5.91 Å². The van der Waals surface area contributed by atoms with Crippen LogP contribution in [-0.2, 0) is 29.1 Å². The standard InChI is InChI=1S/C31H33N5O4/c1-2-16-36(31(40)33-18-23-8-4-3-5-9-23)21-29(38)35-27(17-22-12-14-25(37)15-13-22)30(39)34(20-28(35)36)19-24-10-6-7-11-26(24)32/h2-15,27-28H,1,16-21,32H2,(H-,33,37,40)/p+1/t27-,28?,36?/m0/s1. The lowest BCUT2D eigenvalue weighted by Gasteiger charge is -2.46. The van der Waals surface area contributed by atoms with Gasteiger partial charge in [-0.1, -0.05) is 67.2 Å². The van der Waals surface area contributed by atoms with Gasteiger partial charge in [-0.2, -0.15) is 0 Å². The molecule has 5 rings (SSSR count). The van der Waals surface area contributed by atoms with Gasteiger partial charge in [0.15, 0.2) is 12.7 Å². The Labute approximate surface area is 233 Å². The third kappa shape index (κ3) is 5.15. The van der Waals surface area contributed by atoms with Gasteiger partial charge >= 0.3 is 6.03 Å². The lowest BCUT2D eigenvalue weighted by Crippen LogP contribution is -2.70. The van der Waals surface area contributed by atoms with Crippen molar-refractivity contribution >= 4 is 23.5 Å². The number of carbonyl (C=O) groups excluding carboxylic acids is 3. The second-order valence-corrected chi connectivity index (χ2v) is 10.4. The van der Waals surface area contributed by atoms with Crippen LogP contribution in [0.1, 0.15) is 16.7 Å². The first-order valence-electron chi connectivity index (χ1n) is 13.3. The molecule has 3 atom stereocenters. The zero-order valence-corrected chi connectivity index (χ0v) is 22.3. The number of hydrogen-bond acceptors (Lipinski definition) is 5. The number of nitrogen functional groups attached to an aromatic ring is 1. The van der Waals surface area contributed by atoms with Crippen molar-refractivity contribution in [2.24, 2.45) is 0 Å². The summed E-state index contributed by atoms with van der Waals surface area (Å²) in [7, 11) is 0. The molecule has 0 aromatic heterocycles. The molecule has 3 aromatic rings. The largest absolute Gasteiger partial charge is 0.508 e. The van der Waals surface area contributed by atoms with Gasteiger partial charge in [-0.25, -0.2) is 9.28 Å². The SMILES string of the molecule is C=CC[N+]1(C(=O)NCc2ccccc2)CC(=O)N2C1CN(Cc1ccccc1N)C(=O)[C@@H]2Cc1ccc(O)cc1. The molecule has 2 fully saturated rings. The van der Waals surface area contributed by atoms with Crippen LogP contribution in [0.2, 0.25) is 0 Å². The third-order valence-electron chi connectivity index (χ3n) is 7.84. The maximum atomic E-state index is 14.0. The normalized spacial score (nSPS) is 22.2. The third-order valence-corrected chi connectivity index (χ3v) is 7.84. The zero-order valence-electron chi connectivity index (χ0n) is 22.3. The fraction of sp³-hybridized carbons (Fsp3) is 0.258. The number of piperazine rings is 1. The van der Waals surface area contributed by atoms with E-state index in [1.165, 1.54) is 0 Å². The van der Waals surface area contributed by atoms with E-state index in [1.54, 1.807) is 46.2 Å². The number of nitrogens with one attached hydrogen (secondary N) is 1. The maximum absolute atomic E-state index is 14.0. The molecule has 2 unspecified atom stereocenters. The molecule has 2 aliphatic heterocycles. The molecule has 2 heterocycles. The molecule has 0 spiro atoms. The number of phenols is 1. The molecule has 2 aliphatic rings. The minimum Gasteiger partial charge on any atom is -0.508 e. The Kier molecular flexibility index (Phi) is 7.57. The van der Waals surface area contributed by atoms with Gasteiger partial charge in [0, 0.05) is 25.2 Å². The Morgan fingerprint density at radius 3 is 2.42 bits per heavy atom. The molecule has 0 saturated carbocycles. The van der Waals surface area contributed by atoms with E-state index in [0.717, 1.165) is 16.7 Å². The lowest BCUT2D eigenvalue weighted by atomic mass is 9.99. The number of benzene rings is 3. The summed E-state index contributed by atoms with van der Waals surface area (Å²) in [5.41, 5.74) is 9.33. The molecule has 0 aliphatic carbocycles. The van der Waals surface area contributed by atoms with Crippen molar-refractivity contribution in [2.75, 3.05) is 25.4 Å². The first-order chi connectivity index (χ1) is 19.3. The van der Waals surface area contributed by atoms with Crippen molar-refractivity contribution in [2.45, 2.75) is 31.7 Å². The number of carbonyl (C=O) groups is 3. The number of quaternary nitrogens is 1. The number of urea groups is 1. The van der Waals surface area contributed by atoms with Crippen LogP contribution in [0.25, 0.3) is 0 Å². The van der Waals surface area contributed by atoms with E-state index in [4.69, 9.17) is 5.73 Å². The van der Waals surface area contributed by atoms with Crippen molar-refractivity contribution < 1.29 is 24.0 Å². The first-order valence-corrected chi connectivity index (χ1v) is 13.3. The second-order valence-electron chi connectivity index (χ2n) is 10.4. The molecule has 9 heteroatoms. The predicted molar refractivity (Wildman–Crippen MR) is 151 cm³/mol. The van der Waals surface area contributed by atoms with Gasteiger partial charge in [-0.15, -0.1) is 0 Å². The molecule has 4 amide bonds. The maximum Gasteiger partial charge on any atom is 0.419 e. The Morgan fingerprint density at radius 2 is 1.73 bits per heavy atom. The van der Waals surface area contributed by atoms with Gasteiger partial charge in [0.05, 0.1) is 6.54 Å². The van der Waals surface area contributed by atoms with Crippen molar-refractivity contribution in [1.82, 2.24) is 15.1 Å². The summed E-state index contributed by atoms with van der Waals surface area (Å²) >= 11 is 0. The summed E-state index contributed by atoms with van der Waals surface area (Å²) in [4.78, 5) is 44.9. The number of amides is 4. The second kappa shape index (κ2) is 11.2. The molecule has 206 valence electrons. The minimum atomic E-state index is -0.813. The number of aromatic hydroxyl groups is 1. The number of hydrogen-bond donors (Lipinski definition) is 3. The molecule has 0 radical (unpaired) electrons. The first kappa shape index (κ1) is 27.0. The Hall–Kier alpha value is -4.63. The smallest absolute Gasteiger partial charge is 0.419 e. The highest BCUT2D eigenvalue weighted by Gasteiger charge is 2.61. The van der Waals surface area contributed by atoms with Crippen LogP contribution >= 0.6 is 0 Å². The predicted octanol–water partition coefficient (Wildman–Crippen LogP) is 3.01. The molecular weight excluding hydrogens is 506 g/mol. The van der Waals surface area contributed by atoms with E-state index in [9.17, 15) is 19.5 Å². The number of nitrogens with two attached hydrogens (primary N) is 1. The van der Waals surface area contributed by atoms with E-state index in [2.05, 4.69) is 11.9 Å². The number of phenolic OH excluding ortho intramolecular Hbond substituents is 1. The number of nitrogens with zero attached hydrogens (tertiary/aromatic N) is 3. The van der Waals surface area contributed by atoms with E-state index in [-0.39, 0.29) is 60.7 Å². The Morgan fingerprint density at radius 1 is 1.02 bits per heavy atom. The number of para-hydroxylation sites is 1. The number of rotatable bonds is 8. The van der Waals surface area contributed by atoms with Crippen LogP contribution in [0.4, 0.5) is 10.5 Å². The van der Waals surface area contributed by atoms with Gasteiger partial charge in [-0.3, -0.25) is 14.5 Å². The highest BCUT2D eigenvalue weighted by atomic mass is 16.3. The summed E-state index contributed by atoms with van der Waals surface area (Å²) in [6.45, 7) is 4.81. The van der Waals surface area contributed by atoms with Crippen molar-refractivity contribution in [1.29, 1.82) is 0 Å². The van der Waals surface area contributed by atoms with Crippen LogP contribution in [0.3, 0.4) is 0 Å². The summed E-state index contributed by atoms with van der Waals surface area (Å²) in [5.74, 6) is -0.339. The summed E-state index contributed by atoms with van der Waals surface area (Å²) in [5, 5.41) is 12.8. The molecule has 2 saturated heterocycles. The van der Waals surface area contributed by atoms with Crippen LogP contribution in [0.5, 0.6) is 5.75 Å². The van der Waals surface area contributed by atoms with Crippen LogP contribution in [0.15, 0.2) is 91.5 Å². The number of fused-ring (bicyclic) bond motifs is 1. The van der Waals surface area contributed by atoms with Crippen molar-refractivity contribution in [3.63, 3.8) is 0 Å². The molecule has 40 heavy (non-hydrogen) atoms. The highest BCUT2D eigenvalue weighted by molar-refractivity contribution is 5.92. The molecule has 0 bridgehead atoms. The van der Waals surface area contributed by atoms with Gasteiger partial charge in [-0.05, 0) is 41.0 Å². The average Bonchev–Trinajstić information content (AvgIpc) is 3.24. The topological polar surface area (TPSA) is 116 Å². The molecule has 3 aromatic carbocycles. The van der Waals surface area contributed by atoms with E-state index in [1.807, 2.05) is 48.5 Å². The lowest BCUT2D eigenvalue weighted by molar-refractivity contribution is -0.862. The van der Waals surface area contributed by atoms with Gasteiger partial charge < -0.3 is 21.1 Å². The van der Waals surface area contributed by atoms with Crippen LogP contribution in [-0.4, -0.2) is 69.1 Å². The zero-order chi connectivity index (χ0) is 28.3. The summed E-state index contributed by atoms with van der Waals surface area (Å²) in [6.07, 6.45) is 1.30. The monoisotopic (exact) mass is 540 g/mol. The summed E-state index contributed by atoms with van der Waals surface area (Å²) in [6, 6.07) is 22.5. The van der Waals surface area contributed by atoms with Gasteiger partial charge in [0.25, 0.3) is 5.91 Å². The van der Waals surface area contributed by atoms with Crippen molar-refractivity contribution in [3.8, 4) is 5.75 Å². The Bertz CT molecular complexity index is 1410. The minimum absolute atomic E-state index is 0.0714. The van der Waals surface area contributed by atoms with E-state index in [0.29, 0.717) is 12.2 Å². The van der Waals surface area contributed by atoms with E-state index < -0.39 is 12.2 Å². The van der Waals surface area contributed by atoms with E-state index >= 15 is 0 Å². The van der Waals surface area contributed by atoms with Gasteiger partial charge in [0.1, 0.15) is 18.3 Å². The molecular formula is C31H34N5O4+. The summed E-state index contributed by atoms with van der Waals surface area (Å²) < 4.78 is -0.199. The average molecular weight is 541 g/mol.